The molecule has 1 fully saturated rings. The number of carbonyl (C=O) groups is 1. The quantitative estimate of drug-likeness (QED) is 0.722. The predicted octanol–water partition coefficient (Wildman–Crippen LogP) is 2.16. The zero-order valence-corrected chi connectivity index (χ0v) is 14.8. The van der Waals surface area contributed by atoms with E-state index >= 15 is 0 Å². The molecule has 2 atom stereocenters. The van der Waals surface area contributed by atoms with Crippen molar-refractivity contribution in [2.45, 2.75) is 53.0 Å². The van der Waals surface area contributed by atoms with Crippen LogP contribution in [0.25, 0.3) is 0 Å². The Labute approximate surface area is 136 Å². The second-order valence-corrected chi connectivity index (χ2v) is 6.83. The zero-order valence-electron chi connectivity index (χ0n) is 14.8. The summed E-state index contributed by atoms with van der Waals surface area (Å²) < 4.78 is 0. The summed E-state index contributed by atoms with van der Waals surface area (Å²) in [5.41, 5.74) is 0. The third-order valence-electron chi connectivity index (χ3n) is 4.63. The molecule has 22 heavy (non-hydrogen) atoms. The van der Waals surface area contributed by atoms with Gasteiger partial charge in [0.25, 0.3) is 0 Å². The Balaban J connectivity index is 2.50. The molecular weight excluding hydrogens is 278 g/mol. The average Bonchev–Trinajstić information content (AvgIpc) is 2.52. The lowest BCUT2D eigenvalue weighted by Crippen LogP contribution is -2.50. The number of aliphatic hydroxyl groups excluding tert-OH is 1. The minimum Gasteiger partial charge on any atom is -0.396 e. The summed E-state index contributed by atoms with van der Waals surface area (Å²) in [5, 5.41) is 12.4. The van der Waals surface area contributed by atoms with E-state index in [1.54, 1.807) is 0 Å². The Morgan fingerprint density at radius 3 is 2.59 bits per heavy atom. The van der Waals surface area contributed by atoms with E-state index in [4.69, 9.17) is 0 Å². The summed E-state index contributed by atoms with van der Waals surface area (Å²) in [6.45, 7) is 13.2. The molecule has 0 spiro atoms. The Kier molecular flexibility index (Phi) is 8.79. The fourth-order valence-electron chi connectivity index (χ4n) is 3.36. The van der Waals surface area contributed by atoms with Crippen LogP contribution >= 0.6 is 0 Å². The lowest BCUT2D eigenvalue weighted by atomic mass is 9.99. The summed E-state index contributed by atoms with van der Waals surface area (Å²) in [6.07, 6.45) is 3.11. The molecule has 1 heterocycles. The predicted molar refractivity (Wildman–Crippen MR) is 90.9 cm³/mol. The van der Waals surface area contributed by atoms with Crippen molar-refractivity contribution in [3.63, 3.8) is 0 Å². The van der Waals surface area contributed by atoms with Crippen LogP contribution in [0.2, 0.25) is 0 Å². The standard InChI is InChI=1S/C17H35N3O2/c1-5-19(6-2)16(10-14(3)4)11-18-17(22)20-9-7-8-15(12-20)13-21/h14-16,21H,5-13H2,1-4H3,(H,18,22). The molecule has 2 amide bonds. The van der Waals surface area contributed by atoms with Gasteiger partial charge in [0.05, 0.1) is 0 Å². The van der Waals surface area contributed by atoms with Crippen LogP contribution in [-0.4, -0.2) is 66.3 Å². The van der Waals surface area contributed by atoms with Crippen molar-refractivity contribution < 1.29 is 9.90 Å². The van der Waals surface area contributed by atoms with E-state index in [9.17, 15) is 9.90 Å². The Hall–Kier alpha value is -0.810. The molecule has 130 valence electrons. The topological polar surface area (TPSA) is 55.8 Å². The van der Waals surface area contributed by atoms with E-state index in [-0.39, 0.29) is 18.6 Å². The molecule has 5 nitrogen and oxygen atoms in total. The molecule has 5 heteroatoms. The summed E-state index contributed by atoms with van der Waals surface area (Å²) in [7, 11) is 0. The van der Waals surface area contributed by atoms with Gasteiger partial charge >= 0.3 is 6.03 Å². The fourth-order valence-corrected chi connectivity index (χ4v) is 3.36. The molecule has 1 rings (SSSR count). The number of likely N-dealkylation sites (N-methyl/N-ethyl adjacent to an activating group) is 1. The molecule has 2 N–H and O–H groups in total. The molecule has 0 aliphatic carbocycles. The normalized spacial score (nSPS) is 20.5. The van der Waals surface area contributed by atoms with Crippen molar-refractivity contribution in [2.75, 3.05) is 39.3 Å². The summed E-state index contributed by atoms with van der Waals surface area (Å²) in [4.78, 5) is 16.6. The van der Waals surface area contributed by atoms with Gasteiger partial charge in [0, 0.05) is 32.3 Å². The van der Waals surface area contributed by atoms with Gasteiger partial charge in [-0.3, -0.25) is 4.90 Å². The van der Waals surface area contributed by atoms with Crippen molar-refractivity contribution in [1.82, 2.24) is 15.1 Å². The van der Waals surface area contributed by atoms with E-state index in [2.05, 4.69) is 37.9 Å². The fraction of sp³-hybridized carbons (Fsp3) is 0.941. The van der Waals surface area contributed by atoms with E-state index in [0.717, 1.165) is 38.9 Å². The van der Waals surface area contributed by atoms with Crippen molar-refractivity contribution in [3.05, 3.63) is 0 Å². The molecule has 2 unspecified atom stereocenters. The molecule has 0 bridgehead atoms. The van der Waals surface area contributed by atoms with Gasteiger partial charge < -0.3 is 15.3 Å². The molecule has 0 saturated carbocycles. The molecule has 0 aromatic heterocycles. The molecule has 1 aliphatic heterocycles. The van der Waals surface area contributed by atoms with Crippen LogP contribution in [0.1, 0.15) is 47.0 Å². The number of nitrogens with one attached hydrogen (secondary N) is 1. The largest absolute Gasteiger partial charge is 0.396 e. The molecule has 1 aliphatic rings. The number of aliphatic hydroxyl groups is 1. The van der Waals surface area contributed by atoms with Gasteiger partial charge in [0.2, 0.25) is 0 Å². The third-order valence-corrected chi connectivity index (χ3v) is 4.63. The highest BCUT2D eigenvalue weighted by molar-refractivity contribution is 5.74. The van der Waals surface area contributed by atoms with Gasteiger partial charge in [0.15, 0.2) is 0 Å². The number of hydrogen-bond donors (Lipinski definition) is 2. The first-order valence-electron chi connectivity index (χ1n) is 8.89. The zero-order chi connectivity index (χ0) is 16.5. The second-order valence-electron chi connectivity index (χ2n) is 6.83. The maximum Gasteiger partial charge on any atom is 0.317 e. The number of hydrogen-bond acceptors (Lipinski definition) is 3. The highest BCUT2D eigenvalue weighted by atomic mass is 16.3. The number of carbonyl (C=O) groups excluding carboxylic acids is 1. The lowest BCUT2D eigenvalue weighted by molar-refractivity contribution is 0.125. The first kappa shape index (κ1) is 19.2. The number of rotatable bonds is 8. The van der Waals surface area contributed by atoms with Crippen molar-refractivity contribution in [1.29, 1.82) is 0 Å². The minimum absolute atomic E-state index is 0.0269. The molecular formula is C17H35N3O2. The van der Waals surface area contributed by atoms with Crippen LogP contribution in [-0.2, 0) is 0 Å². The number of amides is 2. The van der Waals surface area contributed by atoms with E-state index in [0.29, 0.717) is 25.0 Å². The van der Waals surface area contributed by atoms with Crippen molar-refractivity contribution in [2.24, 2.45) is 11.8 Å². The highest BCUT2D eigenvalue weighted by Gasteiger charge is 2.24. The number of piperidine rings is 1. The third kappa shape index (κ3) is 6.13. The minimum atomic E-state index is 0.0269. The summed E-state index contributed by atoms with van der Waals surface area (Å²) >= 11 is 0. The maximum atomic E-state index is 12.4. The van der Waals surface area contributed by atoms with E-state index in [1.165, 1.54) is 0 Å². The van der Waals surface area contributed by atoms with Crippen molar-refractivity contribution >= 4 is 6.03 Å². The van der Waals surface area contributed by atoms with Gasteiger partial charge in [-0.1, -0.05) is 27.7 Å². The van der Waals surface area contributed by atoms with Crippen LogP contribution in [0.3, 0.4) is 0 Å². The van der Waals surface area contributed by atoms with Crippen molar-refractivity contribution in [3.8, 4) is 0 Å². The molecule has 0 radical (unpaired) electrons. The van der Waals surface area contributed by atoms with Gasteiger partial charge in [-0.15, -0.1) is 0 Å². The van der Waals surface area contributed by atoms with Gasteiger partial charge in [-0.05, 0) is 44.2 Å². The second kappa shape index (κ2) is 10.1. The Morgan fingerprint density at radius 2 is 2.05 bits per heavy atom. The SMILES string of the molecule is CCN(CC)C(CNC(=O)N1CCCC(CO)C1)CC(C)C. The number of nitrogens with zero attached hydrogens (tertiary/aromatic N) is 2. The maximum absolute atomic E-state index is 12.4. The number of likely N-dealkylation sites (tertiary alicyclic amines) is 1. The lowest BCUT2D eigenvalue weighted by Gasteiger charge is -2.34. The summed E-state index contributed by atoms with van der Waals surface area (Å²) in [5.74, 6) is 0.866. The average molecular weight is 313 g/mol. The first-order valence-corrected chi connectivity index (χ1v) is 8.89. The van der Waals surface area contributed by atoms with Crippen LogP contribution in [0.4, 0.5) is 4.79 Å². The van der Waals surface area contributed by atoms with Gasteiger partial charge in [0.1, 0.15) is 0 Å². The van der Waals surface area contributed by atoms with Crippen LogP contribution in [0, 0.1) is 11.8 Å². The first-order chi connectivity index (χ1) is 10.5. The van der Waals surface area contributed by atoms with Gasteiger partial charge in [-0.2, -0.15) is 0 Å². The number of urea groups is 1. The van der Waals surface area contributed by atoms with Crippen LogP contribution in [0.5, 0.6) is 0 Å². The molecule has 0 aromatic rings. The van der Waals surface area contributed by atoms with E-state index in [1.807, 2.05) is 4.90 Å². The van der Waals surface area contributed by atoms with Gasteiger partial charge in [-0.25, -0.2) is 4.79 Å². The smallest absolute Gasteiger partial charge is 0.317 e. The molecule has 0 aromatic carbocycles. The van der Waals surface area contributed by atoms with E-state index < -0.39 is 0 Å². The Morgan fingerprint density at radius 1 is 1.36 bits per heavy atom. The monoisotopic (exact) mass is 313 g/mol. The van der Waals surface area contributed by atoms with Crippen LogP contribution in [0.15, 0.2) is 0 Å². The molecule has 1 saturated heterocycles. The highest BCUT2D eigenvalue weighted by Crippen LogP contribution is 2.16. The Bertz CT molecular complexity index is 319. The summed E-state index contributed by atoms with van der Waals surface area (Å²) in [6, 6.07) is 0.427. The van der Waals surface area contributed by atoms with Crippen LogP contribution < -0.4 is 5.32 Å².